The van der Waals surface area contributed by atoms with E-state index >= 15 is 0 Å². The fourth-order valence-corrected chi connectivity index (χ4v) is 2.33. The molecule has 4 N–H and O–H groups in total. The number of carbonyl (C=O) groups is 3. The molecule has 0 spiro atoms. The number of para-hydroxylation sites is 1. The highest BCUT2D eigenvalue weighted by atomic mass is 16.5. The minimum absolute atomic E-state index is 0.210. The van der Waals surface area contributed by atoms with E-state index in [0.29, 0.717) is 22.7 Å². The Labute approximate surface area is 162 Å². The van der Waals surface area contributed by atoms with E-state index in [4.69, 9.17) is 10.5 Å². The normalized spacial score (nSPS) is 10.9. The predicted molar refractivity (Wildman–Crippen MR) is 106 cm³/mol. The molecule has 0 aliphatic heterocycles. The number of hydrazone groups is 1. The van der Waals surface area contributed by atoms with Gasteiger partial charge in [0.25, 0.3) is 5.91 Å². The van der Waals surface area contributed by atoms with Gasteiger partial charge in [-0.05, 0) is 54.8 Å². The first-order valence-electron chi connectivity index (χ1n) is 8.65. The molecule has 3 amide bonds. The van der Waals surface area contributed by atoms with Crippen LogP contribution in [0.2, 0.25) is 0 Å². The number of hydrogen-bond donors (Lipinski definition) is 3. The van der Waals surface area contributed by atoms with Crippen LogP contribution in [0.25, 0.3) is 0 Å². The number of benzene rings is 2. The molecule has 0 saturated carbocycles. The number of primary amides is 1. The average molecular weight is 382 g/mol. The van der Waals surface area contributed by atoms with Crippen LogP contribution >= 0.6 is 0 Å². The zero-order chi connectivity index (χ0) is 20.5. The van der Waals surface area contributed by atoms with Crippen molar-refractivity contribution in [3.8, 4) is 5.75 Å². The van der Waals surface area contributed by atoms with Crippen molar-refractivity contribution in [2.45, 2.75) is 20.3 Å². The van der Waals surface area contributed by atoms with Gasteiger partial charge >= 0.3 is 11.8 Å². The number of anilines is 1. The average Bonchev–Trinajstić information content (AvgIpc) is 2.70. The van der Waals surface area contributed by atoms with Crippen LogP contribution < -0.4 is 21.2 Å². The molecule has 2 aromatic rings. The summed E-state index contributed by atoms with van der Waals surface area (Å²) in [6.07, 6.45) is 0.731. The van der Waals surface area contributed by atoms with Gasteiger partial charge in [0.1, 0.15) is 5.75 Å². The molecular weight excluding hydrogens is 360 g/mol. The Bertz CT molecular complexity index is 891. The molecule has 8 nitrogen and oxygen atoms in total. The van der Waals surface area contributed by atoms with Crippen molar-refractivity contribution in [2.24, 2.45) is 10.8 Å². The van der Waals surface area contributed by atoms with E-state index in [0.717, 1.165) is 12.0 Å². The maximum atomic E-state index is 12.1. The topological polar surface area (TPSA) is 123 Å². The van der Waals surface area contributed by atoms with Gasteiger partial charge < -0.3 is 15.8 Å². The summed E-state index contributed by atoms with van der Waals surface area (Å²) in [6, 6.07) is 14.0. The second-order valence-electron chi connectivity index (χ2n) is 5.88. The van der Waals surface area contributed by atoms with Gasteiger partial charge in [0.05, 0.1) is 5.71 Å². The number of carbonyl (C=O) groups excluding carboxylic acids is 3. The van der Waals surface area contributed by atoms with Gasteiger partial charge in [-0.3, -0.25) is 14.4 Å². The van der Waals surface area contributed by atoms with Crippen LogP contribution in [-0.2, 0) is 20.8 Å². The van der Waals surface area contributed by atoms with E-state index < -0.39 is 17.7 Å². The molecule has 0 aliphatic rings. The summed E-state index contributed by atoms with van der Waals surface area (Å²) >= 11 is 0. The number of nitrogens with two attached hydrogens (primary N) is 1. The van der Waals surface area contributed by atoms with Gasteiger partial charge in [0.15, 0.2) is 6.61 Å². The van der Waals surface area contributed by atoms with Gasteiger partial charge in [-0.15, -0.1) is 0 Å². The van der Waals surface area contributed by atoms with Crippen LogP contribution in [0.5, 0.6) is 5.75 Å². The molecule has 0 aliphatic carbocycles. The summed E-state index contributed by atoms with van der Waals surface area (Å²) in [5.74, 6) is -1.75. The molecule has 2 aromatic carbocycles. The number of nitrogens with one attached hydrogen (secondary N) is 2. The molecule has 0 aromatic heterocycles. The SMILES string of the molecule is CCc1ccccc1NC(=O)C(=O)N/N=C(\C)c1ccc(OCC(N)=O)cc1. The summed E-state index contributed by atoms with van der Waals surface area (Å²) in [4.78, 5) is 34.8. The van der Waals surface area contributed by atoms with Crippen LogP contribution in [0.3, 0.4) is 0 Å². The highest BCUT2D eigenvalue weighted by Crippen LogP contribution is 2.15. The zero-order valence-electron chi connectivity index (χ0n) is 15.7. The largest absolute Gasteiger partial charge is 0.484 e. The zero-order valence-corrected chi connectivity index (χ0v) is 15.7. The molecule has 0 saturated heterocycles. The van der Waals surface area contributed by atoms with E-state index in [-0.39, 0.29) is 6.61 Å². The minimum atomic E-state index is -0.869. The molecule has 0 atom stereocenters. The Hall–Kier alpha value is -3.68. The van der Waals surface area contributed by atoms with Crippen LogP contribution in [0.15, 0.2) is 53.6 Å². The lowest BCUT2D eigenvalue weighted by molar-refractivity contribution is -0.136. The number of nitrogens with zero attached hydrogens (tertiary/aromatic N) is 1. The molecular formula is C20H22N4O4. The summed E-state index contributed by atoms with van der Waals surface area (Å²) in [5.41, 5.74) is 9.99. The number of ether oxygens (including phenoxy) is 1. The highest BCUT2D eigenvalue weighted by Gasteiger charge is 2.14. The third-order valence-corrected chi connectivity index (χ3v) is 3.83. The summed E-state index contributed by atoms with van der Waals surface area (Å²) < 4.78 is 5.17. The molecule has 0 heterocycles. The number of amides is 3. The van der Waals surface area contributed by atoms with Crippen molar-refractivity contribution in [1.82, 2.24) is 5.43 Å². The van der Waals surface area contributed by atoms with Crippen LogP contribution in [0, 0.1) is 0 Å². The fourth-order valence-electron chi connectivity index (χ4n) is 2.33. The van der Waals surface area contributed by atoms with Crippen LogP contribution in [-0.4, -0.2) is 30.0 Å². The fraction of sp³-hybridized carbons (Fsp3) is 0.200. The maximum absolute atomic E-state index is 12.1. The van der Waals surface area contributed by atoms with E-state index in [9.17, 15) is 14.4 Å². The summed E-state index contributed by atoms with van der Waals surface area (Å²) in [6.45, 7) is 3.44. The molecule has 2 rings (SSSR count). The van der Waals surface area contributed by atoms with E-state index in [2.05, 4.69) is 15.8 Å². The molecule has 8 heteroatoms. The van der Waals surface area contributed by atoms with E-state index in [1.165, 1.54) is 0 Å². The first kappa shape index (κ1) is 20.6. The third kappa shape index (κ3) is 5.94. The van der Waals surface area contributed by atoms with E-state index in [1.54, 1.807) is 43.3 Å². The highest BCUT2D eigenvalue weighted by molar-refractivity contribution is 6.39. The molecule has 0 fully saturated rings. The Balaban J connectivity index is 1.95. The molecule has 0 bridgehead atoms. The second-order valence-corrected chi connectivity index (χ2v) is 5.88. The Kier molecular flexibility index (Phi) is 7.27. The third-order valence-electron chi connectivity index (χ3n) is 3.83. The molecule has 28 heavy (non-hydrogen) atoms. The molecule has 0 unspecified atom stereocenters. The van der Waals surface area contributed by atoms with Crippen molar-refractivity contribution in [2.75, 3.05) is 11.9 Å². The Morgan fingerprint density at radius 3 is 2.36 bits per heavy atom. The van der Waals surface area contributed by atoms with Gasteiger partial charge in [-0.2, -0.15) is 5.10 Å². The van der Waals surface area contributed by atoms with Crippen molar-refractivity contribution in [3.05, 3.63) is 59.7 Å². The summed E-state index contributed by atoms with van der Waals surface area (Å²) in [5, 5.41) is 6.53. The minimum Gasteiger partial charge on any atom is -0.484 e. The Morgan fingerprint density at radius 2 is 1.71 bits per heavy atom. The molecule has 146 valence electrons. The number of aryl methyl sites for hydroxylation is 1. The van der Waals surface area contributed by atoms with Crippen LogP contribution in [0.4, 0.5) is 5.69 Å². The quantitative estimate of drug-likeness (QED) is 0.382. The predicted octanol–water partition coefficient (Wildman–Crippen LogP) is 1.59. The van der Waals surface area contributed by atoms with Crippen molar-refractivity contribution < 1.29 is 19.1 Å². The van der Waals surface area contributed by atoms with Gasteiger partial charge in [0, 0.05) is 5.69 Å². The first-order chi connectivity index (χ1) is 13.4. The lowest BCUT2D eigenvalue weighted by Crippen LogP contribution is -2.33. The Morgan fingerprint density at radius 1 is 1.04 bits per heavy atom. The first-order valence-corrected chi connectivity index (χ1v) is 8.65. The second kappa shape index (κ2) is 9.86. The smallest absolute Gasteiger partial charge is 0.329 e. The lowest BCUT2D eigenvalue weighted by Gasteiger charge is -2.09. The summed E-state index contributed by atoms with van der Waals surface area (Å²) in [7, 11) is 0. The van der Waals surface area contributed by atoms with Gasteiger partial charge in [0.2, 0.25) is 0 Å². The van der Waals surface area contributed by atoms with E-state index in [1.807, 2.05) is 19.1 Å². The molecule has 0 radical (unpaired) electrons. The number of rotatable bonds is 7. The van der Waals surface area contributed by atoms with Gasteiger partial charge in [-0.1, -0.05) is 25.1 Å². The van der Waals surface area contributed by atoms with Crippen molar-refractivity contribution in [1.29, 1.82) is 0 Å². The van der Waals surface area contributed by atoms with Crippen molar-refractivity contribution >= 4 is 29.1 Å². The maximum Gasteiger partial charge on any atom is 0.329 e. The van der Waals surface area contributed by atoms with Gasteiger partial charge in [-0.25, -0.2) is 5.43 Å². The lowest BCUT2D eigenvalue weighted by atomic mass is 10.1. The number of hydrogen-bond acceptors (Lipinski definition) is 5. The van der Waals surface area contributed by atoms with Crippen LogP contribution in [0.1, 0.15) is 25.0 Å². The van der Waals surface area contributed by atoms with Crippen molar-refractivity contribution in [3.63, 3.8) is 0 Å². The monoisotopic (exact) mass is 382 g/mol. The standard InChI is InChI=1S/C20H22N4O4/c1-3-14-6-4-5-7-17(14)22-19(26)20(27)24-23-13(2)15-8-10-16(11-9-15)28-12-18(21)25/h4-11H,3,12H2,1-2H3,(H2,21,25)(H,22,26)(H,24,27)/b23-13+.